The minimum absolute atomic E-state index is 0.216. The van der Waals surface area contributed by atoms with Crippen LogP contribution in [-0.4, -0.2) is 18.0 Å². The molecule has 1 aromatic rings. The van der Waals surface area contributed by atoms with Crippen molar-refractivity contribution in [2.45, 2.75) is 52.1 Å². The number of hydrogen-bond donors (Lipinski definition) is 0. The monoisotopic (exact) mass is 274 g/mol. The van der Waals surface area contributed by atoms with Crippen LogP contribution >= 0.6 is 0 Å². The molecule has 0 spiro atoms. The van der Waals surface area contributed by atoms with Crippen molar-refractivity contribution in [3.8, 4) is 6.07 Å². The number of benzene rings is 1. The predicted molar refractivity (Wildman–Crippen MR) is 78.6 cm³/mol. The fourth-order valence-corrected chi connectivity index (χ4v) is 2.99. The lowest BCUT2D eigenvalue weighted by Gasteiger charge is -2.38. The molecule has 1 aliphatic carbocycles. The van der Waals surface area contributed by atoms with Crippen molar-refractivity contribution in [2.75, 3.05) is 7.05 Å². The normalized spacial score (nSPS) is 19.0. The van der Waals surface area contributed by atoms with Crippen LogP contribution in [0.15, 0.2) is 18.2 Å². The maximum atomic E-state index is 13.8. The molecule has 1 aliphatic rings. The van der Waals surface area contributed by atoms with Crippen LogP contribution in [0.3, 0.4) is 0 Å². The molecule has 0 heterocycles. The van der Waals surface area contributed by atoms with E-state index >= 15 is 0 Å². The van der Waals surface area contributed by atoms with Gasteiger partial charge in [0.2, 0.25) is 0 Å². The van der Waals surface area contributed by atoms with E-state index in [0.717, 1.165) is 0 Å². The van der Waals surface area contributed by atoms with Crippen LogP contribution in [0.5, 0.6) is 0 Å². The first-order valence-electron chi connectivity index (χ1n) is 7.30. The predicted octanol–water partition coefficient (Wildman–Crippen LogP) is 4.10. The minimum Gasteiger partial charge on any atom is -0.299 e. The van der Waals surface area contributed by atoms with Gasteiger partial charge in [-0.15, -0.1) is 0 Å². The summed E-state index contributed by atoms with van der Waals surface area (Å²) in [6, 6.07) is 7.18. The first-order chi connectivity index (χ1) is 9.41. The van der Waals surface area contributed by atoms with Gasteiger partial charge in [-0.25, -0.2) is 4.39 Å². The van der Waals surface area contributed by atoms with Gasteiger partial charge in [-0.2, -0.15) is 5.26 Å². The highest BCUT2D eigenvalue weighted by Crippen LogP contribution is 2.36. The molecule has 2 nitrogen and oxygen atoms in total. The van der Waals surface area contributed by atoms with Crippen LogP contribution < -0.4 is 0 Å². The fourth-order valence-electron chi connectivity index (χ4n) is 2.99. The molecule has 1 fully saturated rings. The molecule has 0 aromatic heterocycles. The molecule has 2 rings (SSSR count). The summed E-state index contributed by atoms with van der Waals surface area (Å²) >= 11 is 0. The summed E-state index contributed by atoms with van der Waals surface area (Å²) < 4.78 is 13.8. The van der Waals surface area contributed by atoms with Gasteiger partial charge in [0.1, 0.15) is 5.82 Å². The molecule has 0 N–H and O–H groups in total. The number of hydrogen-bond acceptors (Lipinski definition) is 2. The Morgan fingerprint density at radius 2 is 2.00 bits per heavy atom. The first kappa shape index (κ1) is 15.0. The lowest BCUT2D eigenvalue weighted by Crippen LogP contribution is -2.36. The lowest BCUT2D eigenvalue weighted by atomic mass is 9.75. The first-order valence-corrected chi connectivity index (χ1v) is 7.30. The number of halogens is 1. The summed E-state index contributed by atoms with van der Waals surface area (Å²) in [5.74, 6) is -0.216. The van der Waals surface area contributed by atoms with E-state index in [4.69, 9.17) is 5.26 Å². The Hall–Kier alpha value is -1.40. The number of nitrogens with zero attached hydrogens (tertiary/aromatic N) is 2. The molecule has 3 heteroatoms. The zero-order chi connectivity index (χ0) is 14.8. The Balaban J connectivity index is 2.02. The maximum Gasteiger partial charge on any atom is 0.127 e. The summed E-state index contributed by atoms with van der Waals surface area (Å²) in [5.41, 5.74) is 1.60. The van der Waals surface area contributed by atoms with Crippen molar-refractivity contribution >= 4 is 0 Å². The smallest absolute Gasteiger partial charge is 0.127 e. The van der Waals surface area contributed by atoms with Gasteiger partial charge >= 0.3 is 0 Å². The zero-order valence-corrected chi connectivity index (χ0v) is 12.6. The Morgan fingerprint density at radius 1 is 1.35 bits per heavy atom. The lowest BCUT2D eigenvalue weighted by molar-refractivity contribution is 0.122. The van der Waals surface area contributed by atoms with Crippen LogP contribution in [0, 0.1) is 22.6 Å². The van der Waals surface area contributed by atoms with E-state index in [1.807, 2.05) is 0 Å². The van der Waals surface area contributed by atoms with E-state index in [9.17, 15) is 4.39 Å². The second-order valence-corrected chi connectivity index (χ2v) is 6.73. The molecular formula is C17H23FN2. The minimum atomic E-state index is -0.216. The maximum absolute atomic E-state index is 13.8. The summed E-state index contributed by atoms with van der Waals surface area (Å²) in [6.07, 6.45) is 4.79. The van der Waals surface area contributed by atoms with E-state index in [2.05, 4.69) is 31.9 Å². The van der Waals surface area contributed by atoms with E-state index in [1.54, 1.807) is 6.07 Å². The summed E-state index contributed by atoms with van der Waals surface area (Å²) in [6.45, 7) is 5.21. The second kappa shape index (κ2) is 5.93. The highest BCUT2D eigenvalue weighted by Gasteiger charge is 2.28. The van der Waals surface area contributed by atoms with Gasteiger partial charge in [-0.05, 0) is 56.3 Å². The van der Waals surface area contributed by atoms with Crippen molar-refractivity contribution in [3.05, 3.63) is 35.1 Å². The Labute approximate surface area is 121 Å². The fraction of sp³-hybridized carbons (Fsp3) is 0.588. The van der Waals surface area contributed by atoms with Crippen LogP contribution in [0.4, 0.5) is 4.39 Å². The largest absolute Gasteiger partial charge is 0.299 e. The topological polar surface area (TPSA) is 27.0 Å². The van der Waals surface area contributed by atoms with E-state index in [0.29, 0.717) is 29.1 Å². The molecule has 0 saturated heterocycles. The van der Waals surface area contributed by atoms with Gasteiger partial charge in [0.15, 0.2) is 0 Å². The summed E-state index contributed by atoms with van der Waals surface area (Å²) in [5, 5.41) is 8.91. The summed E-state index contributed by atoms with van der Waals surface area (Å²) in [4.78, 5) is 2.23. The average Bonchev–Trinajstić information content (AvgIpc) is 2.41. The molecule has 0 bridgehead atoms. The molecule has 0 atom stereocenters. The van der Waals surface area contributed by atoms with Crippen molar-refractivity contribution < 1.29 is 4.39 Å². The third-order valence-electron chi connectivity index (χ3n) is 4.53. The Kier molecular flexibility index (Phi) is 4.45. The number of rotatable bonds is 3. The number of nitriles is 1. The highest BCUT2D eigenvalue weighted by atomic mass is 19.1. The molecule has 1 saturated carbocycles. The molecule has 1 aromatic carbocycles. The van der Waals surface area contributed by atoms with Gasteiger partial charge in [-0.1, -0.05) is 13.8 Å². The van der Waals surface area contributed by atoms with Crippen LogP contribution in [0.1, 0.15) is 50.7 Å². The van der Waals surface area contributed by atoms with Gasteiger partial charge in [-0.3, -0.25) is 4.90 Å². The van der Waals surface area contributed by atoms with Crippen molar-refractivity contribution in [2.24, 2.45) is 5.41 Å². The van der Waals surface area contributed by atoms with Gasteiger partial charge in [0, 0.05) is 18.2 Å². The van der Waals surface area contributed by atoms with Crippen LogP contribution in [0.25, 0.3) is 0 Å². The third kappa shape index (κ3) is 3.58. The molecule has 20 heavy (non-hydrogen) atoms. The third-order valence-corrected chi connectivity index (χ3v) is 4.53. The van der Waals surface area contributed by atoms with Gasteiger partial charge in [0.05, 0.1) is 11.6 Å². The van der Waals surface area contributed by atoms with Crippen LogP contribution in [0.2, 0.25) is 0 Å². The SMILES string of the molecule is CN(Cc1cc(C#N)ccc1F)C1CCC(C)(C)CC1. The van der Waals surface area contributed by atoms with E-state index in [1.165, 1.54) is 37.8 Å². The average molecular weight is 274 g/mol. The van der Waals surface area contributed by atoms with Crippen LogP contribution in [-0.2, 0) is 6.54 Å². The highest BCUT2D eigenvalue weighted by molar-refractivity contribution is 5.33. The molecule has 108 valence electrons. The van der Waals surface area contributed by atoms with Gasteiger partial charge in [0.25, 0.3) is 0 Å². The molecule has 0 aliphatic heterocycles. The Morgan fingerprint density at radius 3 is 2.60 bits per heavy atom. The zero-order valence-electron chi connectivity index (χ0n) is 12.6. The Bertz CT molecular complexity index is 506. The van der Waals surface area contributed by atoms with E-state index in [-0.39, 0.29) is 5.82 Å². The molecule has 0 radical (unpaired) electrons. The molecule has 0 amide bonds. The quantitative estimate of drug-likeness (QED) is 0.829. The van der Waals surface area contributed by atoms with Crippen molar-refractivity contribution in [1.82, 2.24) is 4.90 Å². The van der Waals surface area contributed by atoms with Crippen molar-refractivity contribution in [1.29, 1.82) is 5.26 Å². The molecule has 0 unspecified atom stereocenters. The summed E-state index contributed by atoms with van der Waals surface area (Å²) in [7, 11) is 2.06. The van der Waals surface area contributed by atoms with Gasteiger partial charge < -0.3 is 0 Å². The standard InChI is InChI=1S/C17H23FN2/c1-17(2)8-6-15(7-9-17)20(3)12-14-10-13(11-19)4-5-16(14)18/h4-5,10,15H,6-9,12H2,1-3H3. The second-order valence-electron chi connectivity index (χ2n) is 6.73. The molecular weight excluding hydrogens is 251 g/mol. The van der Waals surface area contributed by atoms with Crippen molar-refractivity contribution in [3.63, 3.8) is 0 Å². The van der Waals surface area contributed by atoms with E-state index < -0.39 is 0 Å².